The van der Waals surface area contributed by atoms with Crippen LogP contribution in [-0.4, -0.2) is 35.3 Å². The maximum atomic E-state index is 6.57. The van der Waals surface area contributed by atoms with Crippen molar-refractivity contribution < 1.29 is 0 Å². The maximum Gasteiger partial charge on any atom is 0.0418 e. The van der Waals surface area contributed by atoms with E-state index in [4.69, 9.17) is 23.2 Å². The third-order valence-electron chi connectivity index (χ3n) is 6.05. The molecule has 1 nitrogen and oxygen atoms in total. The van der Waals surface area contributed by atoms with Crippen molar-refractivity contribution in [2.45, 2.75) is 62.1 Å². The molecule has 0 aliphatic heterocycles. The molecule has 0 aromatic heterocycles. The topological polar surface area (TPSA) is 3.24 Å². The first kappa shape index (κ1) is 21.7. The fourth-order valence-electron chi connectivity index (χ4n) is 4.28. The normalized spacial score (nSPS) is 22.5. The number of alkyl halides is 2. The van der Waals surface area contributed by atoms with Gasteiger partial charge in [-0.25, -0.2) is 0 Å². The minimum Gasteiger partial charge on any atom is -0.303 e. The first-order valence-corrected chi connectivity index (χ1v) is 11.7. The molecule has 1 aliphatic rings. The molecule has 0 bridgehead atoms. The van der Waals surface area contributed by atoms with E-state index >= 15 is 0 Å². The van der Waals surface area contributed by atoms with Crippen LogP contribution in [0.3, 0.4) is 0 Å². The smallest absolute Gasteiger partial charge is 0.0418 e. The highest BCUT2D eigenvalue weighted by Gasteiger charge is 2.31. The minimum absolute atomic E-state index is 0.171. The molecule has 0 radical (unpaired) electrons. The summed E-state index contributed by atoms with van der Waals surface area (Å²) in [5.41, 5.74) is 4.15. The summed E-state index contributed by atoms with van der Waals surface area (Å²) >= 11 is 13.1. The second-order valence-corrected chi connectivity index (χ2v) is 9.12. The zero-order valence-corrected chi connectivity index (χ0v) is 18.5. The predicted molar refractivity (Wildman–Crippen MR) is 123 cm³/mol. The number of nitrogens with zero attached hydrogens (tertiary/aromatic N) is 1. The molecule has 2 unspecified atom stereocenters. The lowest BCUT2D eigenvalue weighted by Crippen LogP contribution is -2.27. The van der Waals surface area contributed by atoms with Crippen LogP contribution in [0.15, 0.2) is 54.6 Å². The van der Waals surface area contributed by atoms with Gasteiger partial charge >= 0.3 is 0 Å². The molecule has 0 N–H and O–H groups in total. The largest absolute Gasteiger partial charge is 0.303 e. The van der Waals surface area contributed by atoms with Crippen molar-refractivity contribution in [3.63, 3.8) is 0 Å². The molecule has 152 valence electrons. The van der Waals surface area contributed by atoms with Gasteiger partial charge in [-0.15, -0.1) is 23.2 Å². The average molecular weight is 418 g/mol. The molecule has 0 amide bonds. The number of hydrogen-bond donors (Lipinski definition) is 0. The van der Waals surface area contributed by atoms with Crippen LogP contribution in [0.25, 0.3) is 0 Å². The zero-order valence-electron chi connectivity index (χ0n) is 17.0. The molecule has 3 heteroatoms. The van der Waals surface area contributed by atoms with Gasteiger partial charge in [-0.2, -0.15) is 0 Å². The molecule has 1 aliphatic carbocycles. The van der Waals surface area contributed by atoms with E-state index in [0.717, 1.165) is 51.7 Å². The molecular weight excluding hydrogens is 385 g/mol. The maximum absolute atomic E-state index is 6.57. The van der Waals surface area contributed by atoms with Crippen LogP contribution in [0.4, 0.5) is 0 Å². The molecule has 3 rings (SSSR count). The Morgan fingerprint density at radius 2 is 1.46 bits per heavy atom. The van der Waals surface area contributed by atoms with Crippen molar-refractivity contribution >= 4 is 23.2 Å². The van der Waals surface area contributed by atoms with Crippen LogP contribution in [0.5, 0.6) is 0 Å². The Morgan fingerprint density at radius 1 is 0.821 bits per heavy atom. The molecule has 1 saturated carbocycles. The van der Waals surface area contributed by atoms with Gasteiger partial charge in [-0.1, -0.05) is 67.9 Å². The van der Waals surface area contributed by atoms with Crippen LogP contribution in [0.1, 0.15) is 55.2 Å². The summed E-state index contributed by atoms with van der Waals surface area (Å²) in [6, 6.07) is 19.8. The zero-order chi connectivity index (χ0) is 19.8. The van der Waals surface area contributed by atoms with Crippen molar-refractivity contribution in [3.8, 4) is 0 Å². The van der Waals surface area contributed by atoms with Crippen molar-refractivity contribution in [2.75, 3.05) is 19.6 Å². The summed E-state index contributed by atoms with van der Waals surface area (Å²) in [6.07, 6.45) is 6.75. The number of halogens is 2. The van der Waals surface area contributed by atoms with E-state index in [1.54, 1.807) is 0 Å². The minimum atomic E-state index is 0.171. The van der Waals surface area contributed by atoms with Gasteiger partial charge < -0.3 is 4.90 Å². The van der Waals surface area contributed by atoms with E-state index in [9.17, 15) is 0 Å². The molecule has 2 atom stereocenters. The first-order chi connectivity index (χ1) is 13.7. The number of hydrogen-bond acceptors (Lipinski definition) is 1. The molecule has 0 spiro atoms. The van der Waals surface area contributed by atoms with Gasteiger partial charge in [-0.3, -0.25) is 0 Å². The van der Waals surface area contributed by atoms with E-state index in [-0.39, 0.29) is 10.8 Å². The highest BCUT2D eigenvalue weighted by molar-refractivity contribution is 6.24. The van der Waals surface area contributed by atoms with Crippen LogP contribution < -0.4 is 0 Å². The monoisotopic (exact) mass is 417 g/mol. The lowest BCUT2D eigenvalue weighted by Gasteiger charge is -2.32. The molecule has 0 saturated heterocycles. The standard InChI is InChI=1S/C25H33Cl2N/c1-2-28(19-17-20-8-4-3-5-9-20)18-7-10-21-13-15-22(16-14-21)25-23(26)11-6-12-24(25)27/h3-5,8-9,13-16,23-25H,2,6-7,10-12,17-19H2,1H3. The van der Waals surface area contributed by atoms with Crippen LogP contribution in [0.2, 0.25) is 0 Å². The van der Waals surface area contributed by atoms with E-state index in [1.165, 1.54) is 23.1 Å². The number of likely N-dealkylation sites (N-methyl/N-ethyl adjacent to an activating group) is 1. The first-order valence-electron chi connectivity index (χ1n) is 10.8. The quantitative estimate of drug-likeness (QED) is 0.411. The molecule has 2 aromatic rings. The molecule has 1 fully saturated rings. The Balaban J connectivity index is 1.45. The van der Waals surface area contributed by atoms with Crippen LogP contribution in [0, 0.1) is 0 Å². The highest BCUT2D eigenvalue weighted by atomic mass is 35.5. The van der Waals surface area contributed by atoms with Gasteiger partial charge in [0.25, 0.3) is 0 Å². The number of rotatable bonds is 9. The van der Waals surface area contributed by atoms with Crippen molar-refractivity contribution in [2.24, 2.45) is 0 Å². The van der Waals surface area contributed by atoms with E-state index in [0.29, 0.717) is 5.92 Å². The summed E-state index contributed by atoms with van der Waals surface area (Å²) in [6.45, 7) is 5.66. The lowest BCUT2D eigenvalue weighted by molar-refractivity contribution is 0.288. The Bertz CT molecular complexity index is 675. The second kappa shape index (κ2) is 11.2. The third kappa shape index (κ3) is 6.24. The van der Waals surface area contributed by atoms with Crippen LogP contribution in [-0.2, 0) is 12.8 Å². The summed E-state index contributed by atoms with van der Waals surface area (Å²) in [4.78, 5) is 2.56. The van der Waals surface area contributed by atoms with Gasteiger partial charge in [0.1, 0.15) is 0 Å². The predicted octanol–water partition coefficient (Wildman–Crippen LogP) is 6.67. The molecule has 2 aromatic carbocycles. The fourth-order valence-corrected chi connectivity index (χ4v) is 5.31. The van der Waals surface area contributed by atoms with E-state index in [1.807, 2.05) is 0 Å². The fraction of sp³-hybridized carbons (Fsp3) is 0.520. The highest BCUT2D eigenvalue weighted by Crippen LogP contribution is 2.39. The summed E-state index contributed by atoms with van der Waals surface area (Å²) in [5.74, 6) is 0.291. The third-order valence-corrected chi connectivity index (χ3v) is 7.03. The molecular formula is C25H33Cl2N. The van der Waals surface area contributed by atoms with Gasteiger partial charge in [0.2, 0.25) is 0 Å². The van der Waals surface area contributed by atoms with Crippen LogP contribution >= 0.6 is 23.2 Å². The average Bonchev–Trinajstić information content (AvgIpc) is 2.72. The van der Waals surface area contributed by atoms with Gasteiger partial charge in [0.05, 0.1) is 0 Å². The van der Waals surface area contributed by atoms with E-state index < -0.39 is 0 Å². The van der Waals surface area contributed by atoms with Crippen molar-refractivity contribution in [1.29, 1.82) is 0 Å². The Morgan fingerprint density at radius 3 is 2.11 bits per heavy atom. The number of benzene rings is 2. The van der Waals surface area contributed by atoms with Gasteiger partial charge in [0, 0.05) is 23.2 Å². The second-order valence-electron chi connectivity index (χ2n) is 8.00. The van der Waals surface area contributed by atoms with E-state index in [2.05, 4.69) is 66.4 Å². The van der Waals surface area contributed by atoms with Gasteiger partial charge in [0.15, 0.2) is 0 Å². The summed E-state index contributed by atoms with van der Waals surface area (Å²) < 4.78 is 0. The number of aryl methyl sites for hydroxylation is 1. The van der Waals surface area contributed by atoms with Crippen molar-refractivity contribution in [3.05, 3.63) is 71.3 Å². The Labute approximate surface area is 181 Å². The molecule has 28 heavy (non-hydrogen) atoms. The Kier molecular flexibility index (Phi) is 8.70. The SMILES string of the molecule is CCN(CCCc1ccc(C2C(Cl)CCCC2Cl)cc1)CCc1ccccc1. The summed E-state index contributed by atoms with van der Waals surface area (Å²) in [7, 11) is 0. The summed E-state index contributed by atoms with van der Waals surface area (Å²) in [5, 5.41) is 0.342. The lowest BCUT2D eigenvalue weighted by atomic mass is 9.83. The Hall–Kier alpha value is -1.02. The molecule has 0 heterocycles. The van der Waals surface area contributed by atoms with Crippen molar-refractivity contribution in [1.82, 2.24) is 4.90 Å². The van der Waals surface area contributed by atoms with Gasteiger partial charge in [-0.05, 0) is 61.9 Å².